The number of amides is 4. The van der Waals surface area contributed by atoms with Crippen molar-refractivity contribution in [2.75, 3.05) is 29.5 Å². The van der Waals surface area contributed by atoms with Gasteiger partial charge in [0, 0.05) is 11.6 Å². The highest BCUT2D eigenvalue weighted by atomic mass is 19.1. The minimum atomic E-state index is -1.50. The summed E-state index contributed by atoms with van der Waals surface area (Å²) in [5.74, 6) is -5.65. The van der Waals surface area contributed by atoms with E-state index in [4.69, 9.17) is 5.11 Å². The van der Waals surface area contributed by atoms with Gasteiger partial charge in [0.1, 0.15) is 37.0 Å². The molecule has 0 saturated carbocycles. The van der Waals surface area contributed by atoms with Crippen LogP contribution in [0.25, 0.3) is 10.8 Å². The van der Waals surface area contributed by atoms with Crippen molar-refractivity contribution < 1.29 is 43.4 Å². The van der Waals surface area contributed by atoms with Gasteiger partial charge in [-0.2, -0.15) is 0 Å². The summed E-state index contributed by atoms with van der Waals surface area (Å²) in [5, 5.41) is 24.5. The van der Waals surface area contributed by atoms with Crippen molar-refractivity contribution in [3.05, 3.63) is 66.2 Å². The minimum absolute atomic E-state index is 0.0180. The van der Waals surface area contributed by atoms with Crippen molar-refractivity contribution in [2.24, 2.45) is 0 Å². The van der Waals surface area contributed by atoms with Crippen molar-refractivity contribution in [1.82, 2.24) is 15.6 Å². The number of nitrogens with one attached hydrogen (secondary N) is 2. The molecule has 41 heavy (non-hydrogen) atoms. The van der Waals surface area contributed by atoms with Crippen LogP contribution in [0.1, 0.15) is 16.9 Å². The normalized spacial score (nSPS) is 15.5. The van der Waals surface area contributed by atoms with Crippen LogP contribution in [-0.2, 0) is 24.0 Å². The molecule has 1 aliphatic heterocycles. The van der Waals surface area contributed by atoms with E-state index in [1.807, 2.05) is 0 Å². The predicted molar refractivity (Wildman–Crippen MR) is 141 cm³/mol. The molecule has 1 aliphatic rings. The van der Waals surface area contributed by atoms with Gasteiger partial charge >= 0.3 is 5.97 Å². The molecule has 0 saturated heterocycles. The van der Waals surface area contributed by atoms with Crippen LogP contribution in [0.3, 0.4) is 0 Å². The largest absolute Gasteiger partial charge is 0.481 e. The van der Waals surface area contributed by atoms with Gasteiger partial charge in [-0.1, -0.05) is 24.3 Å². The third kappa shape index (κ3) is 6.33. The summed E-state index contributed by atoms with van der Waals surface area (Å²) in [6.45, 7) is -2.31. The lowest BCUT2D eigenvalue weighted by molar-refractivity contribution is -0.139. The van der Waals surface area contributed by atoms with Crippen molar-refractivity contribution in [3.8, 4) is 0 Å². The zero-order chi connectivity index (χ0) is 29.7. The second kappa shape index (κ2) is 12.3. The summed E-state index contributed by atoms with van der Waals surface area (Å²) in [6, 6.07) is 8.72. The van der Waals surface area contributed by atoms with Crippen LogP contribution in [0.2, 0.25) is 0 Å². The third-order valence-electron chi connectivity index (χ3n) is 6.29. The van der Waals surface area contributed by atoms with Gasteiger partial charge < -0.3 is 30.5 Å². The first-order valence-corrected chi connectivity index (χ1v) is 12.3. The molecule has 4 amide bonds. The lowest BCUT2D eigenvalue weighted by Crippen LogP contribution is -2.55. The fourth-order valence-electron chi connectivity index (χ4n) is 4.44. The first kappa shape index (κ1) is 28.8. The molecule has 0 aliphatic carbocycles. The van der Waals surface area contributed by atoms with E-state index in [0.29, 0.717) is 10.8 Å². The molecule has 2 heterocycles. The van der Waals surface area contributed by atoms with Crippen LogP contribution >= 0.6 is 0 Å². The Morgan fingerprint density at radius 3 is 2.59 bits per heavy atom. The van der Waals surface area contributed by atoms with E-state index in [2.05, 4.69) is 15.6 Å². The molecule has 2 aromatic carbocycles. The number of pyridine rings is 1. The number of nitrogens with zero attached hydrogens (tertiary/aromatic N) is 3. The maximum atomic E-state index is 14.3. The molecule has 4 N–H and O–H groups in total. The van der Waals surface area contributed by atoms with Gasteiger partial charge in [0.25, 0.3) is 17.7 Å². The van der Waals surface area contributed by atoms with E-state index >= 15 is 0 Å². The molecule has 0 spiro atoms. The van der Waals surface area contributed by atoms with E-state index in [-0.39, 0.29) is 23.4 Å². The highest BCUT2D eigenvalue weighted by Gasteiger charge is 2.38. The van der Waals surface area contributed by atoms with E-state index in [9.17, 15) is 38.3 Å². The van der Waals surface area contributed by atoms with Gasteiger partial charge in [0.05, 0.1) is 30.4 Å². The first-order valence-electron chi connectivity index (χ1n) is 12.3. The SMILES string of the molecule is O=C[C@H](CC(=O)O)NC(=O)CN1C(=O)[C@@H](NC(=O)c2nccc3ccccc23)CN(C(=O)CO)c2cc(F)ccc21. The summed E-state index contributed by atoms with van der Waals surface area (Å²) in [6.07, 6.45) is 0.922. The van der Waals surface area contributed by atoms with Gasteiger partial charge in [-0.3, -0.25) is 33.9 Å². The molecule has 0 bridgehead atoms. The molecule has 3 aromatic rings. The standard InChI is InChI=1S/C27H24FN5O8/c28-16-5-6-20-21(9-16)32(23(37)14-35)11-19(27(41)33(20)12-22(36)30-17(13-34)10-24(38)39)31-26(40)25-18-4-2-1-3-15(18)7-8-29-25/h1-9,13,17,19,35H,10-12,14H2,(H,30,36)(H,31,40)(H,38,39)/t17-,19-/m0/s1. The second-order valence-electron chi connectivity index (χ2n) is 9.03. The van der Waals surface area contributed by atoms with Gasteiger partial charge in [-0.15, -0.1) is 0 Å². The molecule has 2 atom stereocenters. The smallest absolute Gasteiger partial charge is 0.305 e. The topological polar surface area (TPSA) is 186 Å². The first-order chi connectivity index (χ1) is 19.6. The Balaban J connectivity index is 1.72. The Hall–Kier alpha value is -5.24. The highest BCUT2D eigenvalue weighted by molar-refractivity contribution is 6.12. The molecule has 0 unspecified atom stereocenters. The number of hydrogen-bond donors (Lipinski definition) is 4. The zero-order valence-electron chi connectivity index (χ0n) is 21.3. The Labute approximate surface area is 231 Å². The van der Waals surface area contributed by atoms with Crippen molar-refractivity contribution >= 4 is 58.0 Å². The number of carboxylic acid groups (broad SMARTS) is 1. The van der Waals surface area contributed by atoms with Crippen LogP contribution in [-0.4, -0.2) is 82.9 Å². The molecule has 13 nitrogen and oxygen atoms in total. The number of carboxylic acids is 1. The lowest BCUT2D eigenvalue weighted by Gasteiger charge is -2.25. The van der Waals surface area contributed by atoms with Gasteiger partial charge in [0.2, 0.25) is 5.91 Å². The van der Waals surface area contributed by atoms with Gasteiger partial charge in [-0.25, -0.2) is 4.39 Å². The Kier molecular flexibility index (Phi) is 8.63. The van der Waals surface area contributed by atoms with Gasteiger partial charge in [0.15, 0.2) is 0 Å². The number of carbonyl (C=O) groups excluding carboxylic acids is 5. The molecular formula is C27H24FN5O8. The number of aromatic nitrogens is 1. The molecular weight excluding hydrogens is 541 g/mol. The zero-order valence-corrected chi connectivity index (χ0v) is 21.3. The molecule has 4 rings (SSSR count). The molecule has 212 valence electrons. The second-order valence-corrected chi connectivity index (χ2v) is 9.03. The van der Waals surface area contributed by atoms with E-state index in [1.165, 1.54) is 6.20 Å². The molecule has 0 radical (unpaired) electrons. The number of benzene rings is 2. The molecule has 0 fully saturated rings. The van der Waals surface area contributed by atoms with Crippen molar-refractivity contribution in [2.45, 2.75) is 18.5 Å². The Bertz CT molecular complexity index is 1540. The number of fused-ring (bicyclic) bond motifs is 2. The average molecular weight is 566 g/mol. The van der Waals surface area contributed by atoms with Crippen molar-refractivity contribution in [3.63, 3.8) is 0 Å². The molecule has 14 heteroatoms. The summed E-state index contributed by atoms with van der Waals surface area (Å²) in [5.41, 5.74) is -0.285. The minimum Gasteiger partial charge on any atom is -0.481 e. The maximum Gasteiger partial charge on any atom is 0.305 e. The number of carbonyl (C=O) groups is 6. The van der Waals surface area contributed by atoms with Crippen LogP contribution in [0.5, 0.6) is 0 Å². The summed E-state index contributed by atoms with van der Waals surface area (Å²) in [4.78, 5) is 80.8. The fourth-order valence-corrected chi connectivity index (χ4v) is 4.44. The van der Waals surface area contributed by atoms with Crippen molar-refractivity contribution in [1.29, 1.82) is 0 Å². The summed E-state index contributed by atoms with van der Waals surface area (Å²) in [7, 11) is 0. The summed E-state index contributed by atoms with van der Waals surface area (Å²) >= 11 is 0. The van der Waals surface area contributed by atoms with Crippen LogP contribution < -0.4 is 20.4 Å². The number of aliphatic hydroxyl groups is 1. The number of hydrogen-bond acceptors (Lipinski definition) is 8. The number of aldehydes is 1. The van der Waals surface area contributed by atoms with Crippen LogP contribution in [0.4, 0.5) is 15.8 Å². The Morgan fingerprint density at radius 2 is 1.88 bits per heavy atom. The quantitative estimate of drug-likeness (QED) is 0.259. The number of aliphatic hydroxyl groups excluding tert-OH is 1. The number of anilines is 2. The van der Waals surface area contributed by atoms with Crippen LogP contribution in [0, 0.1) is 5.82 Å². The highest BCUT2D eigenvalue weighted by Crippen LogP contribution is 2.34. The fraction of sp³-hybridized carbons (Fsp3) is 0.222. The van der Waals surface area contributed by atoms with Crippen LogP contribution in [0.15, 0.2) is 54.7 Å². The third-order valence-corrected chi connectivity index (χ3v) is 6.29. The van der Waals surface area contributed by atoms with E-state index in [0.717, 1.165) is 28.0 Å². The monoisotopic (exact) mass is 565 g/mol. The maximum absolute atomic E-state index is 14.3. The molecule has 1 aromatic heterocycles. The van der Waals surface area contributed by atoms with Gasteiger partial charge in [-0.05, 0) is 29.7 Å². The van der Waals surface area contributed by atoms with E-state index in [1.54, 1.807) is 30.3 Å². The Morgan fingerprint density at radius 1 is 1.12 bits per heavy atom. The lowest BCUT2D eigenvalue weighted by atomic mass is 10.1. The number of aliphatic carboxylic acids is 1. The number of rotatable bonds is 9. The van der Waals surface area contributed by atoms with E-state index < -0.39 is 73.6 Å². The predicted octanol–water partition coefficient (Wildman–Crippen LogP) is 0.00280. The average Bonchev–Trinajstić information content (AvgIpc) is 3.06. The summed E-state index contributed by atoms with van der Waals surface area (Å²) < 4.78 is 14.3. The number of halogens is 1.